The van der Waals surface area contributed by atoms with E-state index in [1.807, 2.05) is 23.7 Å². The van der Waals surface area contributed by atoms with E-state index in [4.69, 9.17) is 0 Å². The fraction of sp³-hybridized carbons (Fsp3) is 0.0714. The lowest BCUT2D eigenvalue weighted by atomic mass is 10.3. The van der Waals surface area contributed by atoms with Crippen LogP contribution in [0.15, 0.2) is 42.7 Å². The molecule has 2 heterocycles. The monoisotopic (exact) mass is 241 g/mol. The van der Waals surface area contributed by atoms with E-state index in [0.717, 1.165) is 0 Å². The number of hydrogen-bond acceptors (Lipinski definition) is 1. The van der Waals surface area contributed by atoms with Crippen molar-refractivity contribution in [2.45, 2.75) is 0 Å². The normalized spacial score (nSPS) is 11.6. The second-order valence-electron chi connectivity index (χ2n) is 3.94. The van der Waals surface area contributed by atoms with Crippen molar-refractivity contribution in [1.29, 1.82) is 0 Å². The zero-order valence-electron chi connectivity index (χ0n) is 9.55. The first-order valence-electron chi connectivity index (χ1n) is 5.53. The Kier molecular flexibility index (Phi) is 2.53. The summed E-state index contributed by atoms with van der Waals surface area (Å²) in [5.74, 6) is 0. The minimum absolute atomic E-state index is 1.20. The molecule has 2 nitrogen and oxygen atoms in total. The Morgan fingerprint density at radius 2 is 2.06 bits per heavy atom. The molecule has 17 heavy (non-hydrogen) atoms. The number of fused-ring (bicyclic) bond motifs is 1. The van der Waals surface area contributed by atoms with Crippen molar-refractivity contribution in [2.75, 3.05) is 0 Å². The Bertz CT molecular complexity index is 663. The van der Waals surface area contributed by atoms with Gasteiger partial charge in [-0.2, -0.15) is 4.57 Å². The molecule has 0 aliphatic heterocycles. The summed E-state index contributed by atoms with van der Waals surface area (Å²) in [5.41, 5.74) is 2.48. The third-order valence-corrected chi connectivity index (χ3v) is 4.00. The quantitative estimate of drug-likeness (QED) is 0.665. The maximum Gasteiger partial charge on any atom is 0.262 e. The highest BCUT2D eigenvalue weighted by Gasteiger charge is 2.12. The maximum absolute atomic E-state index is 3.05. The number of nitrogens with one attached hydrogen (secondary N) is 1. The zero-order valence-corrected chi connectivity index (χ0v) is 10.4. The topological polar surface area (TPSA) is 19.7 Å². The minimum Gasteiger partial charge on any atom is -0.367 e. The molecule has 0 bridgehead atoms. The van der Waals surface area contributed by atoms with Gasteiger partial charge in [-0.15, -0.1) is 0 Å². The van der Waals surface area contributed by atoms with Crippen molar-refractivity contribution < 1.29 is 4.57 Å². The van der Waals surface area contributed by atoms with Gasteiger partial charge in [0.25, 0.3) is 5.01 Å². The summed E-state index contributed by atoms with van der Waals surface area (Å²) in [4.78, 5) is 3.05. The molecule has 0 atom stereocenters. The van der Waals surface area contributed by atoms with Crippen LogP contribution in [-0.2, 0) is 7.05 Å². The minimum atomic E-state index is 1.20. The van der Waals surface area contributed by atoms with E-state index in [1.54, 1.807) is 0 Å². The number of rotatable bonds is 2. The summed E-state index contributed by atoms with van der Waals surface area (Å²) in [6, 6.07) is 10.5. The van der Waals surface area contributed by atoms with Gasteiger partial charge in [0.15, 0.2) is 0 Å². The fourth-order valence-corrected chi connectivity index (χ4v) is 2.93. The Hall–Kier alpha value is -1.87. The van der Waals surface area contributed by atoms with Gasteiger partial charge in [0.05, 0.1) is 0 Å². The lowest BCUT2D eigenvalue weighted by Gasteiger charge is -1.85. The molecule has 2 aromatic heterocycles. The summed E-state index contributed by atoms with van der Waals surface area (Å²) >= 11 is 1.81. The average molecular weight is 241 g/mol. The van der Waals surface area contributed by atoms with Crippen LogP contribution in [0.3, 0.4) is 0 Å². The molecule has 0 spiro atoms. The van der Waals surface area contributed by atoms with Gasteiger partial charge in [0, 0.05) is 24.5 Å². The van der Waals surface area contributed by atoms with E-state index in [-0.39, 0.29) is 0 Å². The third-order valence-electron chi connectivity index (χ3n) is 2.81. The molecule has 3 rings (SSSR count). The van der Waals surface area contributed by atoms with Gasteiger partial charge in [-0.25, -0.2) is 0 Å². The van der Waals surface area contributed by atoms with Gasteiger partial charge < -0.3 is 4.98 Å². The van der Waals surface area contributed by atoms with Crippen molar-refractivity contribution in [3.8, 4) is 0 Å². The van der Waals surface area contributed by atoms with Gasteiger partial charge >= 0.3 is 0 Å². The van der Waals surface area contributed by atoms with E-state index in [2.05, 4.69) is 59.1 Å². The molecule has 3 aromatic rings. The van der Waals surface area contributed by atoms with Crippen molar-refractivity contribution in [1.82, 2.24) is 4.98 Å². The van der Waals surface area contributed by atoms with Crippen molar-refractivity contribution in [3.05, 3.63) is 53.3 Å². The van der Waals surface area contributed by atoms with E-state index < -0.39 is 0 Å². The second kappa shape index (κ2) is 4.18. The number of H-pyrrole nitrogens is 1. The van der Waals surface area contributed by atoms with Gasteiger partial charge in [-0.3, -0.25) is 0 Å². The molecule has 0 saturated carbocycles. The van der Waals surface area contributed by atoms with E-state index in [9.17, 15) is 0 Å². The van der Waals surface area contributed by atoms with Crippen LogP contribution in [0.1, 0.15) is 10.6 Å². The van der Waals surface area contributed by atoms with Crippen LogP contribution < -0.4 is 4.57 Å². The number of hydrogen-bond donors (Lipinski definition) is 1. The molecule has 3 heteroatoms. The molecule has 0 aliphatic rings. The highest BCUT2D eigenvalue weighted by atomic mass is 32.1. The van der Waals surface area contributed by atoms with Crippen LogP contribution in [-0.4, -0.2) is 4.98 Å². The largest absolute Gasteiger partial charge is 0.367 e. The molecule has 0 fully saturated rings. The highest BCUT2D eigenvalue weighted by molar-refractivity contribution is 7.18. The number of aryl methyl sites for hydroxylation is 1. The molecule has 1 aromatic carbocycles. The van der Waals surface area contributed by atoms with Crippen molar-refractivity contribution in [2.24, 2.45) is 7.05 Å². The standard InChI is InChI=1S/C14H12N2S/c1-16-12-4-2-3-5-13(12)17-14(16)7-6-11-8-9-15-10-11/h2-10H,1H3/p+1. The Morgan fingerprint density at radius 3 is 2.82 bits per heavy atom. The molecular formula is C14H13N2S+. The zero-order chi connectivity index (χ0) is 11.7. The first-order valence-corrected chi connectivity index (χ1v) is 6.35. The van der Waals surface area contributed by atoms with Crippen LogP contribution in [0.2, 0.25) is 0 Å². The molecule has 0 saturated heterocycles. The Labute approximate surface area is 104 Å². The summed E-state index contributed by atoms with van der Waals surface area (Å²) in [6.07, 6.45) is 8.21. The molecule has 0 unspecified atom stereocenters. The Balaban J connectivity index is 2.03. The number of para-hydroxylation sites is 1. The fourth-order valence-electron chi connectivity index (χ4n) is 1.87. The predicted molar refractivity (Wildman–Crippen MR) is 72.7 cm³/mol. The number of aromatic amines is 1. The van der Waals surface area contributed by atoms with Crippen molar-refractivity contribution >= 4 is 33.7 Å². The maximum atomic E-state index is 3.05. The first-order chi connectivity index (χ1) is 8.34. The van der Waals surface area contributed by atoms with E-state index in [1.165, 1.54) is 20.8 Å². The lowest BCUT2D eigenvalue weighted by molar-refractivity contribution is -0.642. The second-order valence-corrected chi connectivity index (χ2v) is 5.01. The summed E-state index contributed by atoms with van der Waals surface area (Å²) in [7, 11) is 2.11. The number of nitrogens with zero attached hydrogens (tertiary/aromatic N) is 1. The number of aromatic nitrogens is 2. The van der Waals surface area contributed by atoms with Gasteiger partial charge in [0.2, 0.25) is 5.52 Å². The van der Waals surface area contributed by atoms with Crippen LogP contribution in [0, 0.1) is 0 Å². The number of thiazole rings is 1. The first kappa shape index (κ1) is 10.3. The summed E-state index contributed by atoms with van der Waals surface area (Å²) < 4.78 is 3.55. The van der Waals surface area contributed by atoms with Crippen LogP contribution in [0.5, 0.6) is 0 Å². The van der Waals surface area contributed by atoms with E-state index in [0.29, 0.717) is 0 Å². The van der Waals surface area contributed by atoms with Gasteiger partial charge in [0.1, 0.15) is 11.7 Å². The average Bonchev–Trinajstić information content (AvgIpc) is 2.96. The molecule has 0 amide bonds. The highest BCUT2D eigenvalue weighted by Crippen LogP contribution is 2.21. The van der Waals surface area contributed by atoms with Crippen LogP contribution in [0.4, 0.5) is 0 Å². The predicted octanol–water partition coefficient (Wildman–Crippen LogP) is 3.22. The Morgan fingerprint density at radius 1 is 1.18 bits per heavy atom. The van der Waals surface area contributed by atoms with E-state index >= 15 is 0 Å². The van der Waals surface area contributed by atoms with Crippen LogP contribution in [0.25, 0.3) is 22.4 Å². The molecular weight excluding hydrogens is 228 g/mol. The molecule has 0 aliphatic carbocycles. The molecule has 1 N–H and O–H groups in total. The van der Waals surface area contributed by atoms with Gasteiger partial charge in [-0.1, -0.05) is 23.5 Å². The third kappa shape index (κ3) is 1.89. The van der Waals surface area contributed by atoms with Gasteiger partial charge in [-0.05, 0) is 23.8 Å². The van der Waals surface area contributed by atoms with Crippen LogP contribution >= 0.6 is 11.3 Å². The SMILES string of the molecule is C[n+]1c(/C=C/c2cc[nH]c2)sc2ccccc21. The summed E-state index contributed by atoms with van der Waals surface area (Å²) in [6.45, 7) is 0. The molecule has 0 radical (unpaired) electrons. The smallest absolute Gasteiger partial charge is 0.262 e. The molecule has 84 valence electrons. The number of benzene rings is 1. The van der Waals surface area contributed by atoms with Crippen molar-refractivity contribution in [3.63, 3.8) is 0 Å². The summed E-state index contributed by atoms with van der Waals surface area (Å²) in [5, 5.41) is 1.26. The lowest BCUT2D eigenvalue weighted by Crippen LogP contribution is -2.28.